The molecule has 1 nitrogen and oxygen atoms in total. The molecule has 0 rings (SSSR count). The van der Waals surface area contributed by atoms with Crippen LogP contribution in [0.1, 0.15) is 0 Å². The fourth-order valence-electron chi connectivity index (χ4n) is 0. The number of methoxy groups -OCH3 is 1. The van der Waals surface area contributed by atoms with Crippen molar-refractivity contribution in [2.75, 3.05) is 7.11 Å². The Hall–Kier alpha value is 0.130. The molecule has 0 aliphatic heterocycles. The van der Waals surface area contributed by atoms with Crippen molar-refractivity contribution in [3.63, 3.8) is 0 Å². The lowest BCUT2D eigenvalue weighted by atomic mass is 11.5. The van der Waals surface area contributed by atoms with Crippen LogP contribution in [-0.2, 0) is 4.74 Å². The van der Waals surface area contributed by atoms with Gasteiger partial charge < -0.3 is 4.74 Å². The largest absolute Gasteiger partial charge is 0.353 e. The van der Waals surface area contributed by atoms with Gasteiger partial charge >= 0.3 is 0 Å². The first-order chi connectivity index (χ1) is 1.91. The molecular formula is C2H5OP. The zero-order valence-electron chi connectivity index (χ0n) is 2.49. The van der Waals surface area contributed by atoms with Crippen molar-refractivity contribution in [1.29, 1.82) is 0 Å². The van der Waals surface area contributed by atoms with Gasteiger partial charge in [0.1, 0.15) is 0 Å². The van der Waals surface area contributed by atoms with Crippen molar-refractivity contribution < 1.29 is 4.74 Å². The fourth-order valence-corrected chi connectivity index (χ4v) is 0. The molecule has 2 heteroatoms. The summed E-state index contributed by atoms with van der Waals surface area (Å²) in [7, 11) is 4.52. The van der Waals surface area contributed by atoms with Crippen LogP contribution in [-0.4, -0.2) is 13.1 Å². The molecule has 0 aromatic carbocycles. The Labute approximate surface area is 27.8 Å². The lowest BCUT2D eigenvalue weighted by molar-refractivity contribution is 0.432. The molecule has 0 amide bonds. The topological polar surface area (TPSA) is 9.23 Å². The second-order valence-electron chi connectivity index (χ2n) is 0.354. The maximum Gasteiger partial charge on any atom is 0.0577 e. The van der Waals surface area contributed by atoms with Crippen molar-refractivity contribution >= 4 is 14.8 Å². The number of hydrogen-bond donors (Lipinski definition) is 0. The average molecular weight is 76.0 g/mol. The molecule has 0 N–H and O–H groups in total. The maximum absolute atomic E-state index is 4.33. The minimum atomic E-state index is 1.43. The highest BCUT2D eigenvalue weighted by molar-refractivity contribution is 7.17. The molecule has 0 radical (unpaired) electrons. The predicted molar refractivity (Wildman–Crippen MR) is 21.4 cm³/mol. The molecule has 0 aromatic heterocycles. The molecule has 0 bridgehead atoms. The molecule has 0 atom stereocenters. The van der Waals surface area contributed by atoms with Gasteiger partial charge in [0.05, 0.1) is 5.98 Å². The van der Waals surface area contributed by atoms with Gasteiger partial charge in [-0.1, -0.05) is 8.86 Å². The van der Waals surface area contributed by atoms with Crippen LogP contribution in [0, 0.1) is 0 Å². The summed E-state index contributed by atoms with van der Waals surface area (Å²) < 4.78 is 4.33. The van der Waals surface area contributed by atoms with Crippen molar-refractivity contribution in [1.82, 2.24) is 0 Å². The van der Waals surface area contributed by atoms with E-state index in [2.05, 4.69) is 13.6 Å². The van der Waals surface area contributed by atoms with Gasteiger partial charge in [-0.15, -0.1) is 0 Å². The molecule has 0 saturated heterocycles. The van der Waals surface area contributed by atoms with E-state index in [0.29, 0.717) is 0 Å². The highest BCUT2D eigenvalue weighted by atomic mass is 31.0. The van der Waals surface area contributed by atoms with Crippen LogP contribution in [0.2, 0.25) is 0 Å². The van der Waals surface area contributed by atoms with Crippen LogP contribution in [0.4, 0.5) is 0 Å². The second-order valence-corrected chi connectivity index (χ2v) is 0.589. The van der Waals surface area contributed by atoms with Gasteiger partial charge in [-0.3, -0.25) is 0 Å². The molecule has 0 fully saturated rings. The average Bonchev–Trinajstić information content (AvgIpc) is 1.37. The Balaban J connectivity index is 2.30. The monoisotopic (exact) mass is 76.0 g/mol. The van der Waals surface area contributed by atoms with E-state index >= 15 is 0 Å². The quantitative estimate of drug-likeness (QED) is 0.414. The summed E-state index contributed by atoms with van der Waals surface area (Å²) in [5.74, 6) is 1.43. The van der Waals surface area contributed by atoms with Crippen molar-refractivity contribution in [3.8, 4) is 0 Å². The van der Waals surface area contributed by atoms with E-state index in [0.717, 1.165) is 0 Å². The molecule has 0 saturated carbocycles. The molecule has 0 spiro atoms. The van der Waals surface area contributed by atoms with E-state index < -0.39 is 0 Å². The zero-order valence-corrected chi connectivity index (χ0v) is 3.49. The van der Waals surface area contributed by atoms with E-state index in [4.69, 9.17) is 0 Å². The molecule has 0 aliphatic carbocycles. The Morgan fingerprint density at radius 2 is 2.25 bits per heavy atom. The fraction of sp³-hybridized carbons (Fsp3) is 0.500. The summed E-state index contributed by atoms with van der Waals surface area (Å²) in [5, 5.41) is 0. The van der Waals surface area contributed by atoms with Gasteiger partial charge in [-0.2, -0.15) is 0 Å². The van der Waals surface area contributed by atoms with Crippen LogP contribution in [0.25, 0.3) is 0 Å². The highest BCUT2D eigenvalue weighted by Crippen LogP contribution is 1.51. The van der Waals surface area contributed by atoms with Gasteiger partial charge in [0, 0.05) is 7.11 Å². The SMILES string of the molecule is COC=P. The van der Waals surface area contributed by atoms with Crippen LogP contribution >= 0.6 is 8.86 Å². The summed E-state index contributed by atoms with van der Waals surface area (Å²) in [4.78, 5) is 0. The van der Waals surface area contributed by atoms with E-state index in [1.165, 1.54) is 5.98 Å². The Bertz CT molecular complexity index is 20.0. The highest BCUT2D eigenvalue weighted by Gasteiger charge is 1.39. The third-order valence-electron chi connectivity index (χ3n) is 0.118. The van der Waals surface area contributed by atoms with Gasteiger partial charge in [-0.05, 0) is 0 Å². The minimum absolute atomic E-state index is 1.43. The Morgan fingerprint density at radius 3 is 2.25 bits per heavy atom. The Morgan fingerprint density at radius 1 is 2.00 bits per heavy atom. The standard InChI is InChI=1S/C2H5OP/c1-3-2-4/h2,4H,1H3. The van der Waals surface area contributed by atoms with Crippen molar-refractivity contribution in [2.45, 2.75) is 0 Å². The summed E-state index contributed by atoms with van der Waals surface area (Å²) >= 11 is 0. The normalized spacial score (nSPS) is 6.25. The van der Waals surface area contributed by atoms with E-state index in [-0.39, 0.29) is 0 Å². The smallest absolute Gasteiger partial charge is 0.0577 e. The number of rotatable bonds is 1. The number of ether oxygens (including phenoxy) is 1. The van der Waals surface area contributed by atoms with Crippen LogP contribution in [0.5, 0.6) is 0 Å². The second kappa shape index (κ2) is 3.13. The first-order valence-electron chi connectivity index (χ1n) is 0.933. The molecule has 4 heavy (non-hydrogen) atoms. The van der Waals surface area contributed by atoms with Crippen molar-refractivity contribution in [3.05, 3.63) is 0 Å². The molecule has 0 aliphatic rings. The van der Waals surface area contributed by atoms with Gasteiger partial charge in [0.25, 0.3) is 0 Å². The van der Waals surface area contributed by atoms with Crippen molar-refractivity contribution in [2.24, 2.45) is 0 Å². The Kier molecular flexibility index (Phi) is 3.23. The summed E-state index contributed by atoms with van der Waals surface area (Å²) in [5.41, 5.74) is 0. The molecule has 0 aromatic rings. The predicted octanol–water partition coefficient (Wildman–Crippen LogP) is 0.535. The van der Waals surface area contributed by atoms with E-state index in [9.17, 15) is 0 Å². The maximum atomic E-state index is 4.33. The first-order valence-corrected chi connectivity index (χ1v) is 1.51. The third-order valence-corrected chi connectivity index (χ3v) is 0.354. The lowest BCUT2D eigenvalue weighted by Crippen LogP contribution is -1.63. The van der Waals surface area contributed by atoms with Crippen LogP contribution < -0.4 is 0 Å². The first kappa shape index (κ1) is 4.13. The van der Waals surface area contributed by atoms with Gasteiger partial charge in [0.15, 0.2) is 0 Å². The van der Waals surface area contributed by atoms with E-state index in [1.807, 2.05) is 0 Å². The molecule has 24 valence electrons. The summed E-state index contributed by atoms with van der Waals surface area (Å²) in [6.45, 7) is 0. The minimum Gasteiger partial charge on any atom is -0.353 e. The summed E-state index contributed by atoms with van der Waals surface area (Å²) in [6.07, 6.45) is 0. The number of hydrogen-bond acceptors (Lipinski definition) is 1. The molecular weight excluding hydrogens is 71.0 g/mol. The molecule has 0 unspecified atom stereocenters. The van der Waals surface area contributed by atoms with E-state index in [1.54, 1.807) is 7.11 Å². The lowest BCUT2D eigenvalue weighted by Gasteiger charge is -1.66. The third kappa shape index (κ3) is 2.13. The molecule has 0 heterocycles. The van der Waals surface area contributed by atoms with Crippen LogP contribution in [0.3, 0.4) is 0 Å². The van der Waals surface area contributed by atoms with Crippen LogP contribution in [0.15, 0.2) is 0 Å². The zero-order chi connectivity index (χ0) is 3.41. The van der Waals surface area contributed by atoms with Gasteiger partial charge in [0.2, 0.25) is 0 Å². The van der Waals surface area contributed by atoms with Gasteiger partial charge in [-0.25, -0.2) is 0 Å². The summed E-state index contributed by atoms with van der Waals surface area (Å²) in [6, 6.07) is 0.